The summed E-state index contributed by atoms with van der Waals surface area (Å²) in [6, 6.07) is -0.774. The molecule has 5 N–H and O–H groups in total. The summed E-state index contributed by atoms with van der Waals surface area (Å²) in [4.78, 5) is 24.0. The molecule has 0 radical (unpaired) electrons. The van der Waals surface area contributed by atoms with Gasteiger partial charge in [0.2, 0.25) is 5.91 Å². The standard InChI is InChI=1S/C10H16N2O7/c13-2-4-1-12(10(18)11-8(4)17)9-7(16)6(15)5(3-14)19-9/h4-7,9,13-16H,1-3H2,(H,11,17,18)/t4?,5-,6-,7-,9-/m1/s1. The zero-order valence-corrected chi connectivity index (χ0v) is 9.97. The van der Waals surface area contributed by atoms with E-state index in [1.165, 1.54) is 0 Å². The summed E-state index contributed by atoms with van der Waals surface area (Å²) < 4.78 is 5.20. The van der Waals surface area contributed by atoms with Gasteiger partial charge in [0, 0.05) is 6.54 Å². The van der Waals surface area contributed by atoms with Crippen molar-refractivity contribution in [3.05, 3.63) is 0 Å². The minimum absolute atomic E-state index is 0.131. The average molecular weight is 276 g/mol. The summed E-state index contributed by atoms with van der Waals surface area (Å²) in [6.07, 6.45) is -4.89. The first-order valence-electron chi connectivity index (χ1n) is 5.84. The second-order valence-electron chi connectivity index (χ2n) is 4.56. The molecule has 2 aliphatic heterocycles. The minimum Gasteiger partial charge on any atom is -0.395 e. The van der Waals surface area contributed by atoms with Crippen molar-refractivity contribution in [2.75, 3.05) is 19.8 Å². The number of nitrogens with one attached hydrogen (secondary N) is 1. The number of aliphatic hydroxyl groups is 4. The molecule has 0 aromatic heterocycles. The number of amides is 3. The van der Waals surface area contributed by atoms with Crippen LogP contribution in [0.2, 0.25) is 0 Å². The Bertz CT molecular complexity index is 377. The van der Waals surface area contributed by atoms with Gasteiger partial charge in [-0.1, -0.05) is 0 Å². The molecule has 0 aliphatic carbocycles. The number of carbonyl (C=O) groups is 2. The monoisotopic (exact) mass is 276 g/mol. The normalized spacial score (nSPS) is 39.6. The number of aliphatic hydroxyl groups excluding tert-OH is 4. The van der Waals surface area contributed by atoms with Gasteiger partial charge in [-0.05, 0) is 0 Å². The fraction of sp³-hybridized carbons (Fsp3) is 0.800. The molecule has 2 rings (SSSR count). The molecule has 108 valence electrons. The van der Waals surface area contributed by atoms with Gasteiger partial charge >= 0.3 is 6.03 Å². The molecule has 5 atom stereocenters. The van der Waals surface area contributed by atoms with Gasteiger partial charge in [-0.3, -0.25) is 15.0 Å². The van der Waals surface area contributed by atoms with Crippen molar-refractivity contribution in [1.29, 1.82) is 0 Å². The Morgan fingerprint density at radius 2 is 1.89 bits per heavy atom. The maximum atomic E-state index is 11.7. The van der Waals surface area contributed by atoms with E-state index in [9.17, 15) is 19.8 Å². The van der Waals surface area contributed by atoms with E-state index in [2.05, 4.69) is 0 Å². The molecule has 0 aromatic rings. The molecule has 0 spiro atoms. The quantitative estimate of drug-likeness (QED) is 0.362. The van der Waals surface area contributed by atoms with Crippen LogP contribution in [0, 0.1) is 5.92 Å². The molecule has 9 nitrogen and oxygen atoms in total. The van der Waals surface area contributed by atoms with Crippen LogP contribution in [0.5, 0.6) is 0 Å². The third-order valence-corrected chi connectivity index (χ3v) is 3.32. The molecular weight excluding hydrogens is 260 g/mol. The second kappa shape index (κ2) is 5.39. The molecule has 0 aromatic carbocycles. The molecule has 0 bridgehead atoms. The molecule has 2 aliphatic rings. The fourth-order valence-corrected chi connectivity index (χ4v) is 2.18. The number of ether oxygens (including phenoxy) is 1. The number of nitrogens with zero attached hydrogens (tertiary/aromatic N) is 1. The SMILES string of the molecule is O=C1NC(=O)N([C@@H]2O[C@H](CO)[C@@H](O)[C@H]2O)CC1CO. The lowest BCUT2D eigenvalue weighted by Crippen LogP contribution is -2.60. The van der Waals surface area contributed by atoms with Crippen LogP contribution < -0.4 is 5.32 Å². The van der Waals surface area contributed by atoms with Gasteiger partial charge in [-0.15, -0.1) is 0 Å². The summed E-state index contributed by atoms with van der Waals surface area (Å²) in [5, 5.41) is 39.4. The van der Waals surface area contributed by atoms with Crippen LogP contribution in [0.4, 0.5) is 4.79 Å². The number of imide groups is 1. The summed E-state index contributed by atoms with van der Waals surface area (Å²) >= 11 is 0. The van der Waals surface area contributed by atoms with Gasteiger partial charge in [-0.2, -0.15) is 0 Å². The van der Waals surface area contributed by atoms with Crippen molar-refractivity contribution >= 4 is 11.9 Å². The third-order valence-electron chi connectivity index (χ3n) is 3.32. The largest absolute Gasteiger partial charge is 0.395 e. The van der Waals surface area contributed by atoms with Gasteiger partial charge in [0.15, 0.2) is 6.23 Å². The van der Waals surface area contributed by atoms with Crippen LogP contribution in [0.25, 0.3) is 0 Å². The van der Waals surface area contributed by atoms with E-state index in [1.54, 1.807) is 0 Å². The van der Waals surface area contributed by atoms with Gasteiger partial charge in [0.1, 0.15) is 18.3 Å². The van der Waals surface area contributed by atoms with E-state index in [-0.39, 0.29) is 6.54 Å². The van der Waals surface area contributed by atoms with Crippen molar-refractivity contribution in [3.8, 4) is 0 Å². The maximum Gasteiger partial charge on any atom is 0.326 e. The van der Waals surface area contributed by atoms with Crippen LogP contribution in [0.15, 0.2) is 0 Å². The Labute approximate surface area is 108 Å². The first kappa shape index (κ1) is 14.2. The topological polar surface area (TPSA) is 140 Å². The first-order valence-corrected chi connectivity index (χ1v) is 5.84. The van der Waals surface area contributed by atoms with E-state index in [4.69, 9.17) is 14.9 Å². The molecule has 19 heavy (non-hydrogen) atoms. The summed E-state index contributed by atoms with van der Waals surface area (Å²) in [5.41, 5.74) is 0. The predicted molar refractivity (Wildman–Crippen MR) is 58.6 cm³/mol. The van der Waals surface area contributed by atoms with E-state index in [1.807, 2.05) is 5.32 Å². The fourth-order valence-electron chi connectivity index (χ4n) is 2.18. The van der Waals surface area contributed by atoms with Crippen LogP contribution in [-0.2, 0) is 9.53 Å². The van der Waals surface area contributed by atoms with E-state index < -0.39 is 55.6 Å². The van der Waals surface area contributed by atoms with Gasteiger partial charge < -0.3 is 25.2 Å². The van der Waals surface area contributed by atoms with E-state index >= 15 is 0 Å². The second-order valence-corrected chi connectivity index (χ2v) is 4.56. The zero-order valence-electron chi connectivity index (χ0n) is 9.97. The van der Waals surface area contributed by atoms with Gasteiger partial charge in [0.05, 0.1) is 19.1 Å². The highest BCUT2D eigenvalue weighted by Crippen LogP contribution is 2.26. The smallest absolute Gasteiger partial charge is 0.326 e. The molecule has 0 saturated carbocycles. The van der Waals surface area contributed by atoms with Crippen molar-refractivity contribution in [2.45, 2.75) is 24.5 Å². The minimum atomic E-state index is -1.39. The van der Waals surface area contributed by atoms with Crippen LogP contribution >= 0.6 is 0 Å². The number of hydrogen-bond donors (Lipinski definition) is 5. The van der Waals surface area contributed by atoms with Crippen LogP contribution in [0.1, 0.15) is 0 Å². The number of hydrogen-bond acceptors (Lipinski definition) is 7. The van der Waals surface area contributed by atoms with Crippen molar-refractivity contribution < 1.29 is 34.8 Å². The van der Waals surface area contributed by atoms with Crippen LogP contribution in [-0.4, -0.2) is 81.6 Å². The lowest BCUT2D eigenvalue weighted by Gasteiger charge is -2.35. The van der Waals surface area contributed by atoms with Crippen molar-refractivity contribution in [2.24, 2.45) is 5.92 Å². The summed E-state index contributed by atoms with van der Waals surface area (Å²) in [5.74, 6) is -1.42. The Balaban J connectivity index is 2.13. The average Bonchev–Trinajstić information content (AvgIpc) is 2.67. The first-order chi connectivity index (χ1) is 8.99. The molecule has 2 fully saturated rings. The summed E-state index contributed by atoms with van der Waals surface area (Å²) in [6.45, 7) is -1.09. The summed E-state index contributed by atoms with van der Waals surface area (Å²) in [7, 11) is 0. The lowest BCUT2D eigenvalue weighted by atomic mass is 10.1. The number of rotatable bonds is 3. The van der Waals surface area contributed by atoms with Crippen molar-refractivity contribution in [1.82, 2.24) is 10.2 Å². The third kappa shape index (κ3) is 2.42. The number of urea groups is 1. The Hall–Kier alpha value is -1.26. The lowest BCUT2D eigenvalue weighted by molar-refractivity contribution is -0.133. The highest BCUT2D eigenvalue weighted by molar-refractivity contribution is 5.98. The van der Waals surface area contributed by atoms with Crippen molar-refractivity contribution in [3.63, 3.8) is 0 Å². The molecule has 2 heterocycles. The Kier molecular flexibility index (Phi) is 4.02. The Morgan fingerprint density at radius 3 is 2.42 bits per heavy atom. The number of carbonyl (C=O) groups excluding carboxylic acids is 2. The maximum absolute atomic E-state index is 11.7. The molecular formula is C10H16N2O7. The highest BCUT2D eigenvalue weighted by Gasteiger charge is 2.48. The van der Waals surface area contributed by atoms with E-state index in [0.717, 1.165) is 4.90 Å². The van der Waals surface area contributed by atoms with Gasteiger partial charge in [-0.25, -0.2) is 4.79 Å². The molecule has 2 saturated heterocycles. The predicted octanol–water partition coefficient (Wildman–Crippen LogP) is -3.41. The van der Waals surface area contributed by atoms with Gasteiger partial charge in [0.25, 0.3) is 0 Å². The molecule has 1 unspecified atom stereocenters. The van der Waals surface area contributed by atoms with Crippen LogP contribution in [0.3, 0.4) is 0 Å². The van der Waals surface area contributed by atoms with E-state index in [0.29, 0.717) is 0 Å². The molecule has 9 heteroatoms. The zero-order chi connectivity index (χ0) is 14.2. The molecule has 3 amide bonds. The Morgan fingerprint density at radius 1 is 1.21 bits per heavy atom. The highest BCUT2D eigenvalue weighted by atomic mass is 16.6.